The van der Waals surface area contributed by atoms with Gasteiger partial charge in [0, 0.05) is 0 Å². The molecule has 50 valence electrons. The largest absolute Gasteiger partial charge is 1.00 e. The van der Waals surface area contributed by atoms with Crippen molar-refractivity contribution in [2.45, 2.75) is 6.42 Å². The Morgan fingerprint density at radius 3 is 2.00 bits per heavy atom. The smallest absolute Gasteiger partial charge is 0.545 e. The molecule has 0 rings (SSSR count). The summed E-state index contributed by atoms with van der Waals surface area (Å²) in [6.45, 7) is 2.95. The van der Waals surface area contributed by atoms with Crippen molar-refractivity contribution in [2.75, 3.05) is 0 Å². The van der Waals surface area contributed by atoms with Crippen molar-refractivity contribution in [3.05, 3.63) is 12.2 Å². The Morgan fingerprint density at radius 1 is 1.50 bits per heavy atom. The Kier molecular flexibility index (Phi) is 6.76. The summed E-state index contributed by atoms with van der Waals surface area (Å²) in [5.74, 6) is -2.73. The number of rotatable bonds is 3. The number of hydrogen-bond acceptors (Lipinski definition) is 3. The third-order valence-electron chi connectivity index (χ3n) is 0.653. The van der Waals surface area contributed by atoms with Gasteiger partial charge in [-0.25, -0.2) is 0 Å². The fourth-order valence-electron chi connectivity index (χ4n) is 0.255. The first kappa shape index (κ1) is 12.4. The van der Waals surface area contributed by atoms with Crippen molar-refractivity contribution in [1.29, 1.82) is 0 Å². The van der Waals surface area contributed by atoms with E-state index in [-0.39, 0.29) is 29.6 Å². The van der Waals surface area contributed by atoms with Crippen LogP contribution in [0.3, 0.4) is 0 Å². The molecule has 0 fully saturated rings. The zero-order chi connectivity index (χ0) is 7.44. The Morgan fingerprint density at radius 2 is 1.90 bits per heavy atom. The molecular formula is C5H5NaO4. The summed E-state index contributed by atoms with van der Waals surface area (Å²) >= 11 is 0. The fraction of sp³-hybridized carbons (Fsp3) is 0.200. The number of hydrogen-bond donors (Lipinski definition) is 1. The first-order chi connectivity index (χ1) is 4.04. The second kappa shape index (κ2) is 5.46. The maximum absolute atomic E-state index is 9.76. The van der Waals surface area contributed by atoms with Gasteiger partial charge in [0.15, 0.2) is 0 Å². The quantitative estimate of drug-likeness (QED) is 0.328. The number of aliphatic carboxylic acids is 2. The molecule has 1 N–H and O–H groups in total. The summed E-state index contributed by atoms with van der Waals surface area (Å²) in [5, 5.41) is 17.7. The molecule has 0 atom stereocenters. The topological polar surface area (TPSA) is 77.4 Å². The van der Waals surface area contributed by atoms with Gasteiger partial charge in [0.25, 0.3) is 0 Å². The molecule has 0 spiro atoms. The van der Waals surface area contributed by atoms with Crippen molar-refractivity contribution < 1.29 is 49.4 Å². The van der Waals surface area contributed by atoms with Gasteiger partial charge in [-0.3, -0.25) is 4.79 Å². The minimum Gasteiger partial charge on any atom is -0.545 e. The normalized spacial score (nSPS) is 7.60. The summed E-state index contributed by atoms with van der Waals surface area (Å²) < 4.78 is 0. The predicted molar refractivity (Wildman–Crippen MR) is 26.4 cm³/mol. The average molecular weight is 152 g/mol. The predicted octanol–water partition coefficient (Wildman–Crippen LogP) is -4.23. The van der Waals surface area contributed by atoms with E-state index in [4.69, 9.17) is 5.11 Å². The molecule has 0 heterocycles. The first-order valence-corrected chi connectivity index (χ1v) is 2.15. The molecule has 0 aromatic rings. The molecule has 0 saturated heterocycles. The molecular weight excluding hydrogens is 147 g/mol. The van der Waals surface area contributed by atoms with Gasteiger partial charge in [-0.05, 0) is 5.57 Å². The van der Waals surface area contributed by atoms with Gasteiger partial charge < -0.3 is 15.0 Å². The van der Waals surface area contributed by atoms with E-state index in [0.717, 1.165) is 0 Å². The van der Waals surface area contributed by atoms with E-state index in [1.54, 1.807) is 0 Å². The van der Waals surface area contributed by atoms with Crippen LogP contribution in [-0.2, 0) is 9.59 Å². The molecule has 4 nitrogen and oxygen atoms in total. The molecule has 0 bridgehead atoms. The van der Waals surface area contributed by atoms with E-state index < -0.39 is 23.9 Å². The molecule has 0 aliphatic rings. The minimum absolute atomic E-state index is 0. The molecule has 0 radical (unpaired) electrons. The van der Waals surface area contributed by atoms with Crippen molar-refractivity contribution in [1.82, 2.24) is 0 Å². The standard InChI is InChI=1S/C5H6O4.Na/c1-3(5(8)9)2-4(6)7;/h1-2H2,(H,6,7)(H,8,9);/q;+1/p-1. The number of carbonyl (C=O) groups is 2. The molecule has 0 aromatic carbocycles. The van der Waals surface area contributed by atoms with Crippen LogP contribution in [0, 0.1) is 0 Å². The summed E-state index contributed by atoms with van der Waals surface area (Å²) in [7, 11) is 0. The molecule has 10 heavy (non-hydrogen) atoms. The number of carbonyl (C=O) groups excluding carboxylic acids is 1. The van der Waals surface area contributed by atoms with Crippen LogP contribution in [0.1, 0.15) is 6.42 Å². The maximum Gasteiger partial charge on any atom is 1.00 e. The Labute approximate surface area is 79.8 Å². The van der Waals surface area contributed by atoms with Gasteiger partial charge in [0.1, 0.15) is 0 Å². The van der Waals surface area contributed by atoms with Crippen LogP contribution in [-0.4, -0.2) is 17.0 Å². The van der Waals surface area contributed by atoms with Crippen LogP contribution in [0.5, 0.6) is 0 Å². The molecule has 5 heteroatoms. The van der Waals surface area contributed by atoms with Gasteiger partial charge in [-0.1, -0.05) is 6.58 Å². The van der Waals surface area contributed by atoms with Gasteiger partial charge in [0.2, 0.25) is 0 Å². The Bertz CT molecular complexity index is 163. The zero-order valence-corrected chi connectivity index (χ0v) is 7.59. The third-order valence-corrected chi connectivity index (χ3v) is 0.653. The minimum atomic E-state index is -1.52. The van der Waals surface area contributed by atoms with Crippen LogP contribution < -0.4 is 34.7 Å². The van der Waals surface area contributed by atoms with Crippen LogP contribution in [0.2, 0.25) is 0 Å². The average Bonchev–Trinajstić information content (AvgIpc) is 1.63. The van der Waals surface area contributed by atoms with E-state index in [9.17, 15) is 14.7 Å². The monoisotopic (exact) mass is 152 g/mol. The SMILES string of the molecule is C=C(CC(=O)O)C(=O)[O-].[Na+]. The second-order valence-corrected chi connectivity index (χ2v) is 1.46. The van der Waals surface area contributed by atoms with E-state index in [1.807, 2.05) is 0 Å². The van der Waals surface area contributed by atoms with Crippen LogP contribution in [0.25, 0.3) is 0 Å². The van der Waals surface area contributed by atoms with Gasteiger partial charge in [-0.2, -0.15) is 0 Å². The van der Waals surface area contributed by atoms with Crippen molar-refractivity contribution in [3.63, 3.8) is 0 Å². The van der Waals surface area contributed by atoms with E-state index in [1.165, 1.54) is 0 Å². The van der Waals surface area contributed by atoms with Crippen molar-refractivity contribution in [3.8, 4) is 0 Å². The molecule has 0 unspecified atom stereocenters. The summed E-state index contributed by atoms with van der Waals surface area (Å²) in [5.41, 5.74) is -0.414. The maximum atomic E-state index is 9.76. The molecule has 0 aliphatic carbocycles. The number of carboxylic acids is 2. The van der Waals surface area contributed by atoms with E-state index in [0.29, 0.717) is 0 Å². The van der Waals surface area contributed by atoms with Crippen LogP contribution in [0.4, 0.5) is 0 Å². The third kappa shape index (κ3) is 5.81. The van der Waals surface area contributed by atoms with Crippen molar-refractivity contribution in [2.24, 2.45) is 0 Å². The molecule has 0 saturated carbocycles. The van der Waals surface area contributed by atoms with E-state index >= 15 is 0 Å². The van der Waals surface area contributed by atoms with Gasteiger partial charge in [0.05, 0.1) is 12.4 Å². The summed E-state index contributed by atoms with van der Waals surface area (Å²) in [4.78, 5) is 19.5. The Hall–Kier alpha value is -0.320. The zero-order valence-electron chi connectivity index (χ0n) is 5.59. The molecule has 0 aromatic heterocycles. The van der Waals surface area contributed by atoms with Crippen LogP contribution >= 0.6 is 0 Å². The van der Waals surface area contributed by atoms with Gasteiger partial charge >= 0.3 is 35.5 Å². The first-order valence-electron chi connectivity index (χ1n) is 2.15. The summed E-state index contributed by atoms with van der Waals surface area (Å²) in [6, 6.07) is 0. The second-order valence-electron chi connectivity index (χ2n) is 1.46. The van der Waals surface area contributed by atoms with Crippen molar-refractivity contribution >= 4 is 11.9 Å². The Balaban J connectivity index is 0. The van der Waals surface area contributed by atoms with E-state index in [2.05, 4.69) is 6.58 Å². The molecule has 0 aliphatic heterocycles. The number of carboxylic acid groups (broad SMARTS) is 2. The van der Waals surface area contributed by atoms with Gasteiger partial charge in [-0.15, -0.1) is 0 Å². The fourth-order valence-corrected chi connectivity index (χ4v) is 0.255. The summed E-state index contributed by atoms with van der Waals surface area (Å²) in [6.07, 6.45) is -0.567. The van der Waals surface area contributed by atoms with Crippen LogP contribution in [0.15, 0.2) is 12.2 Å². The molecule has 0 amide bonds.